The quantitative estimate of drug-likeness (QED) is 0.0250. The fraction of sp³-hybridized carbons (Fsp3) is 0.868. The number of ether oxygens (including phenoxy) is 2. The van der Waals surface area contributed by atoms with Gasteiger partial charge in [0.25, 0.3) is 0 Å². The van der Waals surface area contributed by atoms with Crippen LogP contribution in [0.3, 0.4) is 0 Å². The van der Waals surface area contributed by atoms with Gasteiger partial charge in [-0.05, 0) is 57.8 Å². The summed E-state index contributed by atoms with van der Waals surface area (Å²) in [6, 6.07) is 0. The molecule has 0 radical (unpaired) electrons. The van der Waals surface area contributed by atoms with E-state index in [0.717, 1.165) is 70.6 Å². The number of hydrogen-bond donors (Lipinski definition) is 3. The van der Waals surface area contributed by atoms with Crippen molar-refractivity contribution in [2.24, 2.45) is 0 Å². The molecule has 284 valence electrons. The summed E-state index contributed by atoms with van der Waals surface area (Å²) in [7, 11) is -4.51. The molecular formula is C38H73O9P. The van der Waals surface area contributed by atoms with E-state index in [4.69, 9.17) is 23.6 Å². The van der Waals surface area contributed by atoms with E-state index in [1.807, 2.05) is 0 Å². The number of aliphatic hydroxyl groups is 2. The number of allylic oxidation sites excluding steroid dienone is 4. The lowest BCUT2D eigenvalue weighted by Gasteiger charge is -2.20. The Morgan fingerprint density at radius 1 is 0.625 bits per heavy atom. The van der Waals surface area contributed by atoms with Crippen LogP contribution in [-0.2, 0) is 27.9 Å². The summed E-state index contributed by atoms with van der Waals surface area (Å²) in [4.78, 5) is 22.4. The molecule has 0 aromatic heterocycles. The molecule has 0 bridgehead atoms. The Bertz CT molecular complexity index is 805. The summed E-state index contributed by atoms with van der Waals surface area (Å²) in [5, 5.41) is 18.3. The van der Waals surface area contributed by atoms with Crippen molar-refractivity contribution in [3.8, 4) is 0 Å². The first-order valence-electron chi connectivity index (χ1n) is 19.3. The first kappa shape index (κ1) is 46.9. The molecule has 0 heterocycles. The largest absolute Gasteiger partial charge is 0.472 e. The Kier molecular flexibility index (Phi) is 35.0. The summed E-state index contributed by atoms with van der Waals surface area (Å²) in [6.45, 7) is 3.42. The minimum Gasteiger partial charge on any atom is -0.457 e. The molecule has 0 rings (SSSR count). The summed E-state index contributed by atoms with van der Waals surface area (Å²) in [5.74, 6) is -0.397. The molecule has 0 aliphatic heterocycles. The molecule has 0 aliphatic rings. The lowest BCUT2D eigenvalue weighted by Crippen LogP contribution is -2.29. The molecule has 0 amide bonds. The number of unbranched alkanes of at least 4 members (excludes halogenated alkanes) is 19. The second-order valence-electron chi connectivity index (χ2n) is 12.9. The van der Waals surface area contributed by atoms with Crippen LogP contribution in [0.2, 0.25) is 0 Å². The molecule has 3 atom stereocenters. The van der Waals surface area contributed by atoms with Gasteiger partial charge in [-0.25, -0.2) is 4.57 Å². The van der Waals surface area contributed by atoms with Gasteiger partial charge >= 0.3 is 13.8 Å². The SMILES string of the molecule is CCC/C=C\CCCCCCCC(=O)OC(COCCCCCCCC/C=C\CCCCCCCCC)COP(=O)(O)OCC(O)CO. The van der Waals surface area contributed by atoms with Crippen LogP contribution in [0.1, 0.15) is 168 Å². The molecule has 10 heteroatoms. The standard InChI is InChI=1S/C38H73O9P/c1-3-5-7-9-11-13-15-16-17-18-19-20-21-23-25-27-29-31-44-34-37(35-46-48(42,43)45-33-36(40)32-39)47-38(41)30-28-26-24-22-14-12-10-8-6-4-2/h8,10,17-18,36-37,39-40H,3-7,9,11-16,19-35H2,1-2H3,(H,42,43)/b10-8-,18-17-. The van der Waals surface area contributed by atoms with Gasteiger partial charge in [-0.15, -0.1) is 0 Å². The van der Waals surface area contributed by atoms with Crippen molar-refractivity contribution < 1.29 is 43.0 Å². The third-order valence-corrected chi connectivity index (χ3v) is 9.04. The third kappa shape index (κ3) is 34.8. The zero-order valence-corrected chi connectivity index (χ0v) is 31.6. The fourth-order valence-electron chi connectivity index (χ4n) is 5.12. The third-order valence-electron chi connectivity index (χ3n) is 8.09. The molecule has 0 aliphatic carbocycles. The average Bonchev–Trinajstić information content (AvgIpc) is 3.07. The molecule has 0 saturated heterocycles. The number of esters is 1. The smallest absolute Gasteiger partial charge is 0.457 e. The summed E-state index contributed by atoms with van der Waals surface area (Å²) < 4.78 is 33.2. The summed E-state index contributed by atoms with van der Waals surface area (Å²) >= 11 is 0. The van der Waals surface area contributed by atoms with Crippen molar-refractivity contribution in [3.63, 3.8) is 0 Å². The lowest BCUT2D eigenvalue weighted by atomic mass is 10.1. The van der Waals surface area contributed by atoms with Crippen molar-refractivity contribution in [1.82, 2.24) is 0 Å². The maximum atomic E-state index is 12.5. The van der Waals surface area contributed by atoms with Crippen molar-refractivity contribution in [1.29, 1.82) is 0 Å². The Balaban J connectivity index is 4.19. The predicted molar refractivity (Wildman–Crippen MR) is 196 cm³/mol. The van der Waals surface area contributed by atoms with E-state index in [1.54, 1.807) is 0 Å². The highest BCUT2D eigenvalue weighted by atomic mass is 31.2. The highest BCUT2D eigenvalue weighted by molar-refractivity contribution is 7.47. The zero-order valence-electron chi connectivity index (χ0n) is 30.7. The topological polar surface area (TPSA) is 132 Å². The Hall–Kier alpha value is -1.06. The second-order valence-corrected chi connectivity index (χ2v) is 14.4. The Labute approximate surface area is 293 Å². The van der Waals surface area contributed by atoms with Crippen LogP contribution in [0.15, 0.2) is 24.3 Å². The number of phosphoric acid groups is 1. The van der Waals surface area contributed by atoms with E-state index in [0.29, 0.717) is 6.61 Å². The lowest BCUT2D eigenvalue weighted by molar-refractivity contribution is -0.154. The Morgan fingerprint density at radius 2 is 1.10 bits per heavy atom. The molecule has 3 N–H and O–H groups in total. The minimum absolute atomic E-state index is 0.0434. The molecular weight excluding hydrogens is 631 g/mol. The number of carbonyl (C=O) groups is 1. The van der Waals surface area contributed by atoms with Crippen LogP contribution in [-0.4, -0.2) is 66.3 Å². The average molecular weight is 705 g/mol. The predicted octanol–water partition coefficient (Wildman–Crippen LogP) is 9.92. The summed E-state index contributed by atoms with van der Waals surface area (Å²) in [6.07, 6.45) is 34.3. The van der Waals surface area contributed by atoms with E-state index < -0.39 is 39.2 Å². The van der Waals surface area contributed by atoms with Gasteiger partial charge in [0.05, 0.1) is 26.4 Å². The van der Waals surface area contributed by atoms with Crippen LogP contribution in [0.5, 0.6) is 0 Å². The van der Waals surface area contributed by atoms with Gasteiger partial charge in [0, 0.05) is 13.0 Å². The van der Waals surface area contributed by atoms with Crippen LogP contribution in [0, 0.1) is 0 Å². The fourth-order valence-corrected chi connectivity index (χ4v) is 5.91. The summed E-state index contributed by atoms with van der Waals surface area (Å²) in [5.41, 5.74) is 0. The molecule has 0 saturated carbocycles. The van der Waals surface area contributed by atoms with Crippen LogP contribution >= 0.6 is 7.82 Å². The maximum Gasteiger partial charge on any atom is 0.472 e. The Morgan fingerprint density at radius 3 is 1.65 bits per heavy atom. The van der Waals surface area contributed by atoms with Gasteiger partial charge in [0.2, 0.25) is 0 Å². The number of aliphatic hydroxyl groups excluding tert-OH is 2. The molecule has 48 heavy (non-hydrogen) atoms. The van der Waals surface area contributed by atoms with Gasteiger partial charge in [0.1, 0.15) is 12.2 Å². The van der Waals surface area contributed by atoms with Crippen molar-refractivity contribution in [2.75, 3.05) is 33.0 Å². The highest BCUT2D eigenvalue weighted by Crippen LogP contribution is 2.43. The highest BCUT2D eigenvalue weighted by Gasteiger charge is 2.26. The molecule has 0 aromatic carbocycles. The van der Waals surface area contributed by atoms with Gasteiger partial charge < -0.3 is 24.6 Å². The first-order chi connectivity index (χ1) is 23.3. The van der Waals surface area contributed by atoms with Gasteiger partial charge in [-0.2, -0.15) is 0 Å². The minimum atomic E-state index is -4.51. The number of hydrogen-bond acceptors (Lipinski definition) is 8. The van der Waals surface area contributed by atoms with E-state index in [1.165, 1.54) is 77.0 Å². The van der Waals surface area contributed by atoms with Gasteiger partial charge in [-0.1, -0.05) is 128 Å². The number of rotatable bonds is 37. The van der Waals surface area contributed by atoms with E-state index in [9.17, 15) is 19.4 Å². The van der Waals surface area contributed by atoms with Crippen LogP contribution in [0.4, 0.5) is 0 Å². The van der Waals surface area contributed by atoms with Gasteiger partial charge in [0.15, 0.2) is 0 Å². The number of phosphoric ester groups is 1. The zero-order chi connectivity index (χ0) is 35.4. The van der Waals surface area contributed by atoms with Crippen molar-refractivity contribution in [3.05, 3.63) is 24.3 Å². The van der Waals surface area contributed by atoms with Crippen molar-refractivity contribution >= 4 is 13.8 Å². The molecule has 0 fully saturated rings. The van der Waals surface area contributed by atoms with E-state index >= 15 is 0 Å². The maximum absolute atomic E-state index is 12.5. The molecule has 0 spiro atoms. The monoisotopic (exact) mass is 704 g/mol. The van der Waals surface area contributed by atoms with Crippen LogP contribution < -0.4 is 0 Å². The van der Waals surface area contributed by atoms with E-state index in [2.05, 4.69) is 38.2 Å². The number of carbonyl (C=O) groups excluding carboxylic acids is 1. The second kappa shape index (κ2) is 35.8. The molecule has 3 unspecified atom stereocenters. The van der Waals surface area contributed by atoms with Crippen LogP contribution in [0.25, 0.3) is 0 Å². The first-order valence-corrected chi connectivity index (χ1v) is 20.8. The normalized spacial score (nSPS) is 14.5. The van der Waals surface area contributed by atoms with Crippen molar-refractivity contribution in [2.45, 2.75) is 180 Å². The van der Waals surface area contributed by atoms with Gasteiger partial charge in [-0.3, -0.25) is 13.8 Å². The molecule has 0 aromatic rings. The van der Waals surface area contributed by atoms with E-state index in [-0.39, 0.29) is 19.6 Å². The molecule has 9 nitrogen and oxygen atoms in total.